The largest absolute Gasteiger partial charge is 0.497 e. The Morgan fingerprint density at radius 2 is 1.69 bits per heavy atom. The van der Waals surface area contributed by atoms with E-state index in [2.05, 4.69) is 10.6 Å². The molecule has 138 valence electrons. The summed E-state index contributed by atoms with van der Waals surface area (Å²) in [6, 6.07) is 13.1. The highest BCUT2D eigenvalue weighted by atomic mass is 16.5. The lowest BCUT2D eigenvalue weighted by Crippen LogP contribution is -2.29. The maximum Gasteiger partial charge on any atom is 0.233 e. The molecule has 0 aliphatic rings. The molecule has 0 fully saturated rings. The predicted molar refractivity (Wildman–Crippen MR) is 101 cm³/mol. The lowest BCUT2D eigenvalue weighted by atomic mass is 10.1. The smallest absolute Gasteiger partial charge is 0.233 e. The van der Waals surface area contributed by atoms with Crippen LogP contribution in [0.3, 0.4) is 0 Å². The Morgan fingerprint density at radius 1 is 0.962 bits per heavy atom. The van der Waals surface area contributed by atoms with E-state index in [1.165, 1.54) is 7.11 Å². The number of nitrogens with one attached hydrogen (secondary N) is 2. The quantitative estimate of drug-likeness (QED) is 0.713. The first kappa shape index (κ1) is 19.3. The Morgan fingerprint density at radius 3 is 2.35 bits per heavy atom. The summed E-state index contributed by atoms with van der Waals surface area (Å²) in [5, 5.41) is 5.47. The molecule has 0 saturated carbocycles. The van der Waals surface area contributed by atoms with E-state index in [-0.39, 0.29) is 18.2 Å². The molecule has 2 amide bonds. The third kappa shape index (κ3) is 5.81. The monoisotopic (exact) mass is 356 g/mol. The Balaban J connectivity index is 1.78. The predicted octanol–water partition coefficient (Wildman–Crippen LogP) is 2.70. The summed E-state index contributed by atoms with van der Waals surface area (Å²) in [5.41, 5.74) is 2.63. The van der Waals surface area contributed by atoms with Crippen molar-refractivity contribution in [2.45, 2.75) is 19.8 Å². The number of aryl methyl sites for hydroxylation is 1. The SMILES string of the molecule is COc1ccc(CCNC(=O)CC(=O)Nc2cc(C)ccc2OC)cc1. The molecule has 6 nitrogen and oxygen atoms in total. The van der Waals surface area contributed by atoms with Crippen molar-refractivity contribution in [2.24, 2.45) is 0 Å². The van der Waals surface area contributed by atoms with Gasteiger partial charge in [-0.2, -0.15) is 0 Å². The zero-order chi connectivity index (χ0) is 18.9. The number of rotatable bonds is 8. The first-order chi connectivity index (χ1) is 12.5. The zero-order valence-corrected chi connectivity index (χ0v) is 15.3. The van der Waals surface area contributed by atoms with Gasteiger partial charge in [-0.05, 0) is 48.7 Å². The van der Waals surface area contributed by atoms with Gasteiger partial charge in [-0.3, -0.25) is 9.59 Å². The molecule has 0 bridgehead atoms. The van der Waals surface area contributed by atoms with Gasteiger partial charge in [-0.25, -0.2) is 0 Å². The van der Waals surface area contributed by atoms with E-state index in [4.69, 9.17) is 9.47 Å². The van der Waals surface area contributed by atoms with Gasteiger partial charge in [0.15, 0.2) is 0 Å². The molecule has 0 radical (unpaired) electrons. The summed E-state index contributed by atoms with van der Waals surface area (Å²) < 4.78 is 10.3. The molecule has 2 N–H and O–H groups in total. The van der Waals surface area contributed by atoms with Crippen molar-refractivity contribution >= 4 is 17.5 Å². The van der Waals surface area contributed by atoms with E-state index in [0.717, 1.165) is 16.9 Å². The maximum absolute atomic E-state index is 12.1. The zero-order valence-electron chi connectivity index (χ0n) is 15.3. The molecule has 6 heteroatoms. The fourth-order valence-corrected chi connectivity index (χ4v) is 2.46. The van der Waals surface area contributed by atoms with Gasteiger partial charge in [0.25, 0.3) is 0 Å². The average Bonchev–Trinajstić information content (AvgIpc) is 2.62. The van der Waals surface area contributed by atoms with Crippen LogP contribution in [0.5, 0.6) is 11.5 Å². The fourth-order valence-electron chi connectivity index (χ4n) is 2.46. The third-order valence-corrected chi connectivity index (χ3v) is 3.85. The van der Waals surface area contributed by atoms with E-state index in [1.807, 2.05) is 37.3 Å². The number of carbonyl (C=O) groups is 2. The minimum atomic E-state index is -0.379. The third-order valence-electron chi connectivity index (χ3n) is 3.85. The van der Waals surface area contributed by atoms with E-state index in [9.17, 15) is 9.59 Å². The van der Waals surface area contributed by atoms with Crippen LogP contribution in [0.2, 0.25) is 0 Å². The topological polar surface area (TPSA) is 76.7 Å². The van der Waals surface area contributed by atoms with Crippen LogP contribution in [0, 0.1) is 6.92 Å². The molecule has 0 atom stereocenters. The van der Waals surface area contributed by atoms with Crippen LogP contribution in [0.15, 0.2) is 42.5 Å². The number of methoxy groups -OCH3 is 2. The summed E-state index contributed by atoms with van der Waals surface area (Å²) in [7, 11) is 3.15. The van der Waals surface area contributed by atoms with Gasteiger partial charge in [0, 0.05) is 6.54 Å². The normalized spacial score (nSPS) is 10.1. The minimum Gasteiger partial charge on any atom is -0.497 e. The van der Waals surface area contributed by atoms with Crippen LogP contribution in [0.4, 0.5) is 5.69 Å². The lowest BCUT2D eigenvalue weighted by Gasteiger charge is -2.11. The molecule has 0 heterocycles. The van der Waals surface area contributed by atoms with Crippen molar-refractivity contribution in [3.05, 3.63) is 53.6 Å². The second kappa shape index (κ2) is 9.46. The number of ether oxygens (including phenoxy) is 2. The van der Waals surface area contributed by atoms with Crippen molar-refractivity contribution in [1.29, 1.82) is 0 Å². The summed E-state index contributed by atoms with van der Waals surface area (Å²) in [4.78, 5) is 24.0. The first-order valence-corrected chi connectivity index (χ1v) is 8.36. The number of benzene rings is 2. The van der Waals surface area contributed by atoms with Crippen LogP contribution < -0.4 is 20.1 Å². The molecule has 0 aromatic heterocycles. The maximum atomic E-state index is 12.1. The van der Waals surface area contributed by atoms with E-state index in [1.54, 1.807) is 19.2 Å². The Hall–Kier alpha value is -3.02. The van der Waals surface area contributed by atoms with Crippen molar-refractivity contribution < 1.29 is 19.1 Å². The Labute approximate surface area is 153 Å². The first-order valence-electron chi connectivity index (χ1n) is 8.36. The van der Waals surface area contributed by atoms with Gasteiger partial charge in [0.05, 0.1) is 19.9 Å². The Kier molecular flexibility index (Phi) is 7.02. The molecule has 2 aromatic carbocycles. The second-order valence-corrected chi connectivity index (χ2v) is 5.88. The van der Waals surface area contributed by atoms with Crippen molar-refractivity contribution in [3.63, 3.8) is 0 Å². The van der Waals surface area contributed by atoms with E-state index in [0.29, 0.717) is 24.4 Å². The molecular formula is C20H24N2O4. The van der Waals surface area contributed by atoms with E-state index >= 15 is 0 Å². The van der Waals surface area contributed by atoms with Crippen molar-refractivity contribution in [2.75, 3.05) is 26.1 Å². The molecule has 2 aromatic rings. The molecule has 0 aliphatic carbocycles. The van der Waals surface area contributed by atoms with Gasteiger partial charge >= 0.3 is 0 Å². The molecule has 26 heavy (non-hydrogen) atoms. The molecular weight excluding hydrogens is 332 g/mol. The van der Waals surface area contributed by atoms with Gasteiger partial charge in [-0.1, -0.05) is 18.2 Å². The van der Waals surface area contributed by atoms with Gasteiger partial charge in [0.2, 0.25) is 11.8 Å². The number of hydrogen-bond donors (Lipinski definition) is 2. The lowest BCUT2D eigenvalue weighted by molar-refractivity contribution is -0.126. The summed E-state index contributed by atoms with van der Waals surface area (Å²) >= 11 is 0. The highest BCUT2D eigenvalue weighted by Gasteiger charge is 2.12. The molecule has 0 unspecified atom stereocenters. The van der Waals surface area contributed by atoms with Crippen LogP contribution in [0.25, 0.3) is 0 Å². The van der Waals surface area contributed by atoms with Crippen LogP contribution in [-0.2, 0) is 16.0 Å². The Bertz CT molecular complexity index is 757. The number of amides is 2. The molecule has 2 rings (SSSR count). The number of anilines is 1. The van der Waals surface area contributed by atoms with Gasteiger partial charge < -0.3 is 20.1 Å². The van der Waals surface area contributed by atoms with Crippen molar-refractivity contribution in [3.8, 4) is 11.5 Å². The van der Waals surface area contributed by atoms with Crippen molar-refractivity contribution in [1.82, 2.24) is 5.32 Å². The second-order valence-electron chi connectivity index (χ2n) is 5.88. The summed E-state index contributed by atoms with van der Waals surface area (Å²) in [6.45, 7) is 2.38. The average molecular weight is 356 g/mol. The molecule has 0 saturated heterocycles. The molecule has 0 spiro atoms. The summed E-state index contributed by atoms with van der Waals surface area (Å²) in [5.74, 6) is 0.656. The van der Waals surface area contributed by atoms with Crippen LogP contribution >= 0.6 is 0 Å². The minimum absolute atomic E-state index is 0.236. The molecule has 0 aliphatic heterocycles. The fraction of sp³-hybridized carbons (Fsp3) is 0.300. The summed E-state index contributed by atoms with van der Waals surface area (Å²) in [6.07, 6.45) is 0.447. The van der Waals surface area contributed by atoms with E-state index < -0.39 is 0 Å². The highest BCUT2D eigenvalue weighted by molar-refractivity contribution is 6.04. The van der Waals surface area contributed by atoms with Crippen LogP contribution in [0.1, 0.15) is 17.5 Å². The number of hydrogen-bond acceptors (Lipinski definition) is 4. The van der Waals surface area contributed by atoms with Gasteiger partial charge in [0.1, 0.15) is 17.9 Å². The van der Waals surface area contributed by atoms with Gasteiger partial charge in [-0.15, -0.1) is 0 Å². The standard InChI is InChI=1S/C20H24N2O4/c1-14-4-9-18(26-3)17(12-14)22-20(24)13-19(23)21-11-10-15-5-7-16(25-2)8-6-15/h4-9,12H,10-11,13H2,1-3H3,(H,21,23)(H,22,24). The van der Waals surface area contributed by atoms with Crippen LogP contribution in [-0.4, -0.2) is 32.6 Å². The number of carbonyl (C=O) groups excluding carboxylic acids is 2. The highest BCUT2D eigenvalue weighted by Crippen LogP contribution is 2.25.